The van der Waals surface area contributed by atoms with Gasteiger partial charge in [-0.1, -0.05) is 116 Å². The largest absolute Gasteiger partial charge is 0.278 e. The van der Waals surface area contributed by atoms with E-state index in [-0.39, 0.29) is 0 Å². The number of aromatic nitrogens is 4. The summed E-state index contributed by atoms with van der Waals surface area (Å²) in [5, 5.41) is 2.33. The molecule has 2 heterocycles. The Morgan fingerprint density at radius 3 is 2.00 bits per heavy atom. The summed E-state index contributed by atoms with van der Waals surface area (Å²) < 4.78 is 2.15. The minimum Gasteiger partial charge on any atom is -0.278 e. The summed E-state index contributed by atoms with van der Waals surface area (Å²) in [6.07, 6.45) is 8.99. The standard InChI is InChI=1S/C35H28N4/c1-3-4-5-8-15-25(2)28-22-23-32-30(24-28)29-20-13-14-21-31(29)39(32)35-37-33(26-16-9-6-10-17-26)36-34(38-35)27-18-11-7-12-19-27/h3-7,9-24H,1,8H2,2H3/b5-4+,25-15+. The van der Waals surface area contributed by atoms with Crippen molar-refractivity contribution in [2.75, 3.05) is 0 Å². The average Bonchev–Trinajstić information content (AvgIpc) is 3.33. The number of rotatable bonds is 7. The molecule has 0 aliphatic heterocycles. The molecule has 0 aliphatic carbocycles. The molecule has 4 heteroatoms. The minimum absolute atomic E-state index is 0.600. The van der Waals surface area contributed by atoms with E-state index in [1.807, 2.05) is 66.7 Å². The first-order valence-corrected chi connectivity index (χ1v) is 13.1. The molecule has 2 aromatic heterocycles. The second-order valence-electron chi connectivity index (χ2n) is 9.39. The molecule has 0 fully saturated rings. The molecule has 0 unspecified atom stereocenters. The van der Waals surface area contributed by atoms with E-state index in [2.05, 4.69) is 72.7 Å². The Hall–Kier alpha value is -5.09. The van der Waals surface area contributed by atoms with Crippen molar-refractivity contribution in [2.45, 2.75) is 13.3 Å². The third kappa shape index (κ3) is 4.80. The van der Waals surface area contributed by atoms with Crippen LogP contribution in [0.15, 0.2) is 134 Å². The first-order valence-electron chi connectivity index (χ1n) is 13.1. The Morgan fingerprint density at radius 2 is 1.33 bits per heavy atom. The van der Waals surface area contributed by atoms with Crippen molar-refractivity contribution in [3.8, 4) is 28.7 Å². The van der Waals surface area contributed by atoms with Gasteiger partial charge in [0, 0.05) is 21.9 Å². The van der Waals surface area contributed by atoms with Gasteiger partial charge in [-0.25, -0.2) is 4.98 Å². The Morgan fingerprint density at radius 1 is 0.718 bits per heavy atom. The topological polar surface area (TPSA) is 43.6 Å². The number of hydrogen-bond acceptors (Lipinski definition) is 3. The molecular formula is C35H28N4. The smallest absolute Gasteiger partial charge is 0.238 e. The number of hydrogen-bond donors (Lipinski definition) is 0. The molecule has 0 radical (unpaired) electrons. The Kier molecular flexibility index (Phi) is 6.67. The highest BCUT2D eigenvalue weighted by molar-refractivity contribution is 6.09. The van der Waals surface area contributed by atoms with Crippen LogP contribution in [0.1, 0.15) is 18.9 Å². The van der Waals surface area contributed by atoms with Gasteiger partial charge >= 0.3 is 0 Å². The van der Waals surface area contributed by atoms with Crippen LogP contribution in [0, 0.1) is 0 Å². The molecular weight excluding hydrogens is 476 g/mol. The molecule has 188 valence electrons. The lowest BCUT2D eigenvalue weighted by atomic mass is 10.0. The Balaban J connectivity index is 1.57. The number of allylic oxidation sites excluding steroid dienone is 5. The maximum absolute atomic E-state index is 5.00. The van der Waals surface area contributed by atoms with Crippen LogP contribution in [0.4, 0.5) is 0 Å². The predicted octanol–water partition coefficient (Wildman–Crippen LogP) is 8.84. The summed E-state index contributed by atoms with van der Waals surface area (Å²) in [7, 11) is 0. The first kappa shape index (κ1) is 24.3. The third-order valence-corrected chi connectivity index (χ3v) is 6.85. The first-order chi connectivity index (χ1) is 19.2. The van der Waals surface area contributed by atoms with Gasteiger partial charge in [0.1, 0.15) is 0 Å². The highest BCUT2D eigenvalue weighted by Gasteiger charge is 2.18. The summed E-state index contributed by atoms with van der Waals surface area (Å²) in [6, 6.07) is 35.2. The lowest BCUT2D eigenvalue weighted by molar-refractivity contribution is 0.953. The van der Waals surface area contributed by atoms with Gasteiger partial charge in [0.25, 0.3) is 0 Å². The normalized spacial score (nSPS) is 12.0. The highest BCUT2D eigenvalue weighted by Crippen LogP contribution is 2.34. The summed E-state index contributed by atoms with van der Waals surface area (Å²) in [4.78, 5) is 14.9. The van der Waals surface area contributed by atoms with Gasteiger partial charge in [0.2, 0.25) is 5.95 Å². The second kappa shape index (κ2) is 10.7. The van der Waals surface area contributed by atoms with E-state index in [1.54, 1.807) is 6.08 Å². The van der Waals surface area contributed by atoms with Gasteiger partial charge in [-0.2, -0.15) is 9.97 Å². The van der Waals surface area contributed by atoms with Crippen LogP contribution in [0.5, 0.6) is 0 Å². The van der Waals surface area contributed by atoms with Crippen molar-refractivity contribution >= 4 is 27.4 Å². The van der Waals surface area contributed by atoms with Crippen LogP contribution in [0.25, 0.3) is 56.1 Å². The minimum atomic E-state index is 0.600. The molecule has 0 saturated heterocycles. The summed E-state index contributed by atoms with van der Waals surface area (Å²) in [6.45, 7) is 5.91. The van der Waals surface area contributed by atoms with Crippen molar-refractivity contribution in [3.05, 3.63) is 140 Å². The molecule has 0 bridgehead atoms. The van der Waals surface area contributed by atoms with Gasteiger partial charge in [0.05, 0.1) is 11.0 Å². The molecule has 4 nitrogen and oxygen atoms in total. The summed E-state index contributed by atoms with van der Waals surface area (Å²) >= 11 is 0. The van der Waals surface area contributed by atoms with Gasteiger partial charge < -0.3 is 0 Å². The van der Waals surface area contributed by atoms with Crippen molar-refractivity contribution < 1.29 is 0 Å². The number of para-hydroxylation sites is 1. The van der Waals surface area contributed by atoms with Gasteiger partial charge in [-0.3, -0.25) is 4.57 Å². The van der Waals surface area contributed by atoms with Crippen molar-refractivity contribution in [2.24, 2.45) is 0 Å². The fraction of sp³-hybridized carbons (Fsp3) is 0.0571. The van der Waals surface area contributed by atoms with Crippen LogP contribution >= 0.6 is 0 Å². The van der Waals surface area contributed by atoms with Crippen LogP contribution in [0.3, 0.4) is 0 Å². The van der Waals surface area contributed by atoms with E-state index in [0.29, 0.717) is 17.6 Å². The Labute approximate surface area is 228 Å². The lowest BCUT2D eigenvalue weighted by Gasteiger charge is -2.11. The molecule has 0 amide bonds. The number of benzene rings is 4. The zero-order valence-electron chi connectivity index (χ0n) is 21.8. The lowest BCUT2D eigenvalue weighted by Crippen LogP contribution is -2.06. The van der Waals surface area contributed by atoms with E-state index < -0.39 is 0 Å². The van der Waals surface area contributed by atoms with E-state index in [0.717, 1.165) is 34.0 Å². The predicted molar refractivity (Wildman–Crippen MR) is 163 cm³/mol. The second-order valence-corrected chi connectivity index (χ2v) is 9.39. The summed E-state index contributed by atoms with van der Waals surface area (Å²) in [5.74, 6) is 1.89. The molecule has 0 aliphatic rings. The average molecular weight is 505 g/mol. The van der Waals surface area contributed by atoms with Crippen LogP contribution in [-0.2, 0) is 0 Å². The van der Waals surface area contributed by atoms with Crippen LogP contribution < -0.4 is 0 Å². The van der Waals surface area contributed by atoms with Crippen molar-refractivity contribution in [3.63, 3.8) is 0 Å². The maximum atomic E-state index is 5.00. The fourth-order valence-corrected chi connectivity index (χ4v) is 4.87. The third-order valence-electron chi connectivity index (χ3n) is 6.85. The van der Waals surface area contributed by atoms with Gasteiger partial charge in [0.15, 0.2) is 11.6 Å². The number of nitrogens with zero attached hydrogens (tertiary/aromatic N) is 4. The molecule has 6 aromatic rings. The quantitative estimate of drug-likeness (QED) is 0.204. The van der Waals surface area contributed by atoms with Gasteiger partial charge in [-0.15, -0.1) is 0 Å². The molecule has 4 aromatic carbocycles. The monoisotopic (exact) mass is 504 g/mol. The summed E-state index contributed by atoms with van der Waals surface area (Å²) in [5.41, 5.74) is 6.46. The molecule has 39 heavy (non-hydrogen) atoms. The molecule has 6 rings (SSSR count). The van der Waals surface area contributed by atoms with E-state index >= 15 is 0 Å². The Bertz CT molecular complexity index is 1790. The molecule has 0 saturated carbocycles. The van der Waals surface area contributed by atoms with Gasteiger partial charge in [-0.05, 0) is 42.7 Å². The molecule has 0 atom stereocenters. The maximum Gasteiger partial charge on any atom is 0.238 e. The molecule has 0 spiro atoms. The SMILES string of the molecule is C=C/C=C/C/C=C(\C)c1ccc2c(c1)c1ccccc1n2-c1nc(-c2ccccc2)nc(-c2ccccc2)n1. The van der Waals surface area contributed by atoms with Crippen LogP contribution in [-0.4, -0.2) is 19.5 Å². The van der Waals surface area contributed by atoms with Crippen molar-refractivity contribution in [1.29, 1.82) is 0 Å². The molecule has 0 N–H and O–H groups in total. The zero-order chi connectivity index (χ0) is 26.6. The van der Waals surface area contributed by atoms with E-state index in [9.17, 15) is 0 Å². The highest BCUT2D eigenvalue weighted by atomic mass is 15.2. The zero-order valence-corrected chi connectivity index (χ0v) is 21.8. The van der Waals surface area contributed by atoms with Crippen LogP contribution in [0.2, 0.25) is 0 Å². The van der Waals surface area contributed by atoms with E-state index in [4.69, 9.17) is 15.0 Å². The van der Waals surface area contributed by atoms with E-state index in [1.165, 1.54) is 16.5 Å². The fourth-order valence-electron chi connectivity index (χ4n) is 4.87. The number of fused-ring (bicyclic) bond motifs is 3. The van der Waals surface area contributed by atoms with Crippen molar-refractivity contribution in [1.82, 2.24) is 19.5 Å².